The Morgan fingerprint density at radius 1 is 1.07 bits per heavy atom. The Morgan fingerprint density at radius 2 is 1.81 bits per heavy atom. The summed E-state index contributed by atoms with van der Waals surface area (Å²) in [6, 6.07) is 11.9. The Labute approximate surface area is 159 Å². The van der Waals surface area contributed by atoms with Gasteiger partial charge in [-0.1, -0.05) is 18.6 Å². The zero-order chi connectivity index (χ0) is 18.6. The van der Waals surface area contributed by atoms with E-state index in [0.717, 1.165) is 18.3 Å². The molecular weight excluding hydrogens is 344 g/mol. The highest BCUT2D eigenvalue weighted by Gasteiger charge is 2.31. The number of benzene rings is 1. The van der Waals surface area contributed by atoms with E-state index in [1.165, 1.54) is 57.1 Å². The van der Waals surface area contributed by atoms with E-state index in [1.54, 1.807) is 6.07 Å². The van der Waals surface area contributed by atoms with Gasteiger partial charge < -0.3 is 14.3 Å². The molecule has 6 heteroatoms. The van der Waals surface area contributed by atoms with E-state index < -0.39 is 5.97 Å². The molecule has 2 fully saturated rings. The number of nitrogens with zero attached hydrogens (tertiary/aromatic N) is 2. The Morgan fingerprint density at radius 3 is 2.48 bits per heavy atom. The van der Waals surface area contributed by atoms with Crippen LogP contribution < -0.4 is 4.74 Å². The van der Waals surface area contributed by atoms with Gasteiger partial charge in [0.1, 0.15) is 18.1 Å². The normalized spacial score (nSPS) is 19.0. The third-order valence-electron chi connectivity index (χ3n) is 5.43. The van der Waals surface area contributed by atoms with Crippen molar-refractivity contribution in [2.45, 2.75) is 38.5 Å². The van der Waals surface area contributed by atoms with Gasteiger partial charge in [0.15, 0.2) is 0 Å². The molecule has 6 nitrogen and oxygen atoms in total. The molecular formula is C21H26N2O4. The number of likely N-dealkylation sites (tertiary alicyclic amines) is 2. The summed E-state index contributed by atoms with van der Waals surface area (Å²) in [6.45, 7) is 6.08. The summed E-state index contributed by atoms with van der Waals surface area (Å²) in [5, 5.41) is 8.86. The van der Waals surface area contributed by atoms with Crippen LogP contribution in [-0.4, -0.2) is 53.1 Å². The minimum absolute atomic E-state index is 0.0682. The van der Waals surface area contributed by atoms with Gasteiger partial charge in [0.05, 0.1) is 0 Å². The highest BCUT2D eigenvalue weighted by atomic mass is 16.5. The number of hydrogen-bond acceptors (Lipinski definition) is 5. The van der Waals surface area contributed by atoms with E-state index >= 15 is 0 Å². The standard InChI is InChI=1S/C21H26N2O4/c24-21(25)20-9-8-19(27-20)15-26-18-6-4-16(5-7-18)12-22-13-17(14-22)23-10-2-1-3-11-23/h4-9,17H,1-3,10-15H2,(H,24,25). The van der Waals surface area contributed by atoms with Gasteiger partial charge in [-0.15, -0.1) is 0 Å². The lowest BCUT2D eigenvalue weighted by Crippen LogP contribution is -2.59. The summed E-state index contributed by atoms with van der Waals surface area (Å²) in [5.74, 6) is 0.114. The average Bonchev–Trinajstić information content (AvgIpc) is 3.14. The monoisotopic (exact) mass is 370 g/mol. The fourth-order valence-corrected chi connectivity index (χ4v) is 3.86. The number of ether oxygens (including phenoxy) is 1. The molecule has 2 aromatic rings. The Bertz CT molecular complexity index is 759. The van der Waals surface area contributed by atoms with E-state index in [-0.39, 0.29) is 12.4 Å². The van der Waals surface area contributed by atoms with Crippen LogP contribution in [0.5, 0.6) is 5.75 Å². The average molecular weight is 370 g/mol. The van der Waals surface area contributed by atoms with Crippen LogP contribution in [0, 0.1) is 0 Å². The van der Waals surface area contributed by atoms with Crippen molar-refractivity contribution in [3.05, 3.63) is 53.5 Å². The first kappa shape index (κ1) is 18.1. The van der Waals surface area contributed by atoms with Crippen molar-refractivity contribution in [2.75, 3.05) is 26.2 Å². The van der Waals surface area contributed by atoms with Crippen molar-refractivity contribution in [2.24, 2.45) is 0 Å². The van der Waals surface area contributed by atoms with E-state index in [2.05, 4.69) is 21.9 Å². The second kappa shape index (κ2) is 8.15. The van der Waals surface area contributed by atoms with Crippen molar-refractivity contribution < 1.29 is 19.1 Å². The van der Waals surface area contributed by atoms with Gasteiger partial charge >= 0.3 is 5.97 Å². The predicted octanol–water partition coefficient (Wildman–Crippen LogP) is 3.23. The summed E-state index contributed by atoms with van der Waals surface area (Å²) >= 11 is 0. The van der Waals surface area contributed by atoms with Crippen LogP contribution in [-0.2, 0) is 13.2 Å². The second-order valence-corrected chi connectivity index (χ2v) is 7.45. The highest BCUT2D eigenvalue weighted by Crippen LogP contribution is 2.22. The van der Waals surface area contributed by atoms with Crippen LogP contribution >= 0.6 is 0 Å². The molecule has 1 aromatic heterocycles. The summed E-state index contributed by atoms with van der Waals surface area (Å²) in [6.07, 6.45) is 4.10. The van der Waals surface area contributed by atoms with Crippen LogP contribution in [0.15, 0.2) is 40.8 Å². The summed E-state index contributed by atoms with van der Waals surface area (Å²) in [5.41, 5.74) is 1.28. The van der Waals surface area contributed by atoms with Gasteiger partial charge in [-0.25, -0.2) is 4.79 Å². The quantitative estimate of drug-likeness (QED) is 0.807. The molecule has 2 saturated heterocycles. The largest absolute Gasteiger partial charge is 0.486 e. The number of carbonyl (C=O) groups is 1. The molecule has 0 saturated carbocycles. The number of carboxylic acid groups (broad SMARTS) is 1. The Kier molecular flexibility index (Phi) is 5.45. The zero-order valence-corrected chi connectivity index (χ0v) is 15.5. The van der Waals surface area contributed by atoms with Crippen LogP contribution in [0.3, 0.4) is 0 Å². The topological polar surface area (TPSA) is 66.2 Å². The lowest BCUT2D eigenvalue weighted by atomic mass is 10.0. The van der Waals surface area contributed by atoms with E-state index in [4.69, 9.17) is 14.3 Å². The first-order chi connectivity index (χ1) is 13.2. The molecule has 0 spiro atoms. The SMILES string of the molecule is O=C(O)c1ccc(COc2ccc(CN3CC(N4CCCCC4)C3)cc2)o1. The van der Waals surface area contributed by atoms with Crippen molar-refractivity contribution in [1.82, 2.24) is 9.80 Å². The summed E-state index contributed by atoms with van der Waals surface area (Å²) < 4.78 is 10.9. The molecule has 1 N–H and O–H groups in total. The third kappa shape index (κ3) is 4.51. The minimum atomic E-state index is -1.07. The number of rotatable bonds is 7. The van der Waals surface area contributed by atoms with Crippen molar-refractivity contribution in [3.8, 4) is 5.75 Å². The summed E-state index contributed by atoms with van der Waals surface area (Å²) in [4.78, 5) is 16.0. The smallest absolute Gasteiger partial charge is 0.371 e. The molecule has 0 aliphatic carbocycles. The second-order valence-electron chi connectivity index (χ2n) is 7.45. The molecule has 0 amide bonds. The van der Waals surface area contributed by atoms with Crippen molar-refractivity contribution >= 4 is 5.97 Å². The lowest BCUT2D eigenvalue weighted by molar-refractivity contribution is 0.0186. The molecule has 0 atom stereocenters. The maximum Gasteiger partial charge on any atom is 0.371 e. The number of hydrogen-bond donors (Lipinski definition) is 1. The number of aromatic carboxylic acids is 1. The molecule has 27 heavy (non-hydrogen) atoms. The van der Waals surface area contributed by atoms with Crippen LogP contribution in [0.2, 0.25) is 0 Å². The van der Waals surface area contributed by atoms with E-state index in [0.29, 0.717) is 5.76 Å². The van der Waals surface area contributed by atoms with E-state index in [9.17, 15) is 4.79 Å². The molecule has 0 radical (unpaired) electrons. The highest BCUT2D eigenvalue weighted by molar-refractivity contribution is 5.84. The molecule has 1 aromatic carbocycles. The minimum Gasteiger partial charge on any atom is -0.486 e. The van der Waals surface area contributed by atoms with Gasteiger partial charge in [-0.2, -0.15) is 0 Å². The molecule has 2 aliphatic rings. The maximum absolute atomic E-state index is 10.8. The van der Waals surface area contributed by atoms with Gasteiger partial charge in [0, 0.05) is 25.7 Å². The molecule has 4 rings (SSSR count). The molecule has 144 valence electrons. The maximum atomic E-state index is 10.8. The van der Waals surface area contributed by atoms with Crippen LogP contribution in [0.1, 0.15) is 41.1 Å². The van der Waals surface area contributed by atoms with Crippen molar-refractivity contribution in [3.63, 3.8) is 0 Å². The molecule has 0 unspecified atom stereocenters. The van der Waals surface area contributed by atoms with Gasteiger partial charge in [0.25, 0.3) is 0 Å². The number of furan rings is 1. The van der Waals surface area contributed by atoms with Crippen LogP contribution in [0.25, 0.3) is 0 Å². The molecule has 0 bridgehead atoms. The van der Waals surface area contributed by atoms with E-state index in [1.807, 2.05) is 12.1 Å². The summed E-state index contributed by atoms with van der Waals surface area (Å²) in [7, 11) is 0. The fourth-order valence-electron chi connectivity index (χ4n) is 3.86. The number of carboxylic acids is 1. The third-order valence-corrected chi connectivity index (χ3v) is 5.43. The van der Waals surface area contributed by atoms with Crippen molar-refractivity contribution in [1.29, 1.82) is 0 Å². The Balaban J connectivity index is 1.21. The first-order valence-corrected chi connectivity index (χ1v) is 9.67. The predicted molar refractivity (Wildman–Crippen MR) is 101 cm³/mol. The molecule has 2 aliphatic heterocycles. The fraction of sp³-hybridized carbons (Fsp3) is 0.476. The zero-order valence-electron chi connectivity index (χ0n) is 15.5. The van der Waals surface area contributed by atoms with Gasteiger partial charge in [-0.3, -0.25) is 9.80 Å². The number of piperidine rings is 1. The van der Waals surface area contributed by atoms with Gasteiger partial charge in [-0.05, 0) is 55.8 Å². The van der Waals surface area contributed by atoms with Gasteiger partial charge in [0.2, 0.25) is 5.76 Å². The Hall–Kier alpha value is -2.31. The lowest BCUT2D eigenvalue weighted by Gasteiger charge is -2.46. The van der Waals surface area contributed by atoms with Crippen LogP contribution in [0.4, 0.5) is 0 Å². The first-order valence-electron chi connectivity index (χ1n) is 9.67. The molecule has 3 heterocycles.